The zero-order valence-electron chi connectivity index (χ0n) is 14.0. The summed E-state index contributed by atoms with van der Waals surface area (Å²) in [7, 11) is 1.85. The molecule has 1 aromatic carbocycles. The van der Waals surface area contributed by atoms with Crippen molar-refractivity contribution in [2.75, 3.05) is 5.32 Å². The maximum atomic E-state index is 11.7. The van der Waals surface area contributed by atoms with Crippen molar-refractivity contribution in [3.63, 3.8) is 0 Å². The molecule has 2 aromatic rings. The van der Waals surface area contributed by atoms with E-state index in [4.69, 9.17) is 4.74 Å². The summed E-state index contributed by atoms with van der Waals surface area (Å²) in [6, 6.07) is 7.85. The molecule has 0 aliphatic carbocycles. The Hall–Kier alpha value is -2.57. The minimum Gasteiger partial charge on any atom is -0.444 e. The number of aromatic nitrogens is 3. The molecule has 23 heavy (non-hydrogen) atoms. The van der Waals surface area contributed by atoms with Crippen molar-refractivity contribution in [1.29, 1.82) is 0 Å². The fourth-order valence-corrected chi connectivity index (χ4v) is 1.94. The minimum atomic E-state index is -0.495. The standard InChI is InChI=1S/C16H23N5O2/c1-16(2,3)23-15(22)18-9-12-6-5-7-13(8-12)17-10-14-11-19-20-21(14)4/h5-8,11,17H,9-10H2,1-4H3,(H,18,22). The van der Waals surface area contributed by atoms with E-state index in [1.807, 2.05) is 52.1 Å². The number of hydrogen-bond acceptors (Lipinski definition) is 5. The van der Waals surface area contributed by atoms with E-state index in [0.29, 0.717) is 13.1 Å². The van der Waals surface area contributed by atoms with Gasteiger partial charge in [0, 0.05) is 19.3 Å². The molecule has 124 valence electrons. The van der Waals surface area contributed by atoms with Crippen LogP contribution in [0.2, 0.25) is 0 Å². The molecule has 0 bridgehead atoms. The van der Waals surface area contributed by atoms with Gasteiger partial charge >= 0.3 is 6.09 Å². The minimum absolute atomic E-state index is 0.414. The largest absolute Gasteiger partial charge is 0.444 e. The summed E-state index contributed by atoms with van der Waals surface area (Å²) in [6.07, 6.45) is 1.30. The van der Waals surface area contributed by atoms with Crippen LogP contribution in [0.4, 0.5) is 10.5 Å². The van der Waals surface area contributed by atoms with Crippen LogP contribution in [0.3, 0.4) is 0 Å². The number of carbonyl (C=O) groups is 1. The van der Waals surface area contributed by atoms with Crippen LogP contribution in [0.15, 0.2) is 30.5 Å². The Morgan fingerprint density at radius 3 is 2.74 bits per heavy atom. The number of benzene rings is 1. The van der Waals surface area contributed by atoms with Crippen LogP contribution in [0.1, 0.15) is 32.0 Å². The fraction of sp³-hybridized carbons (Fsp3) is 0.438. The molecule has 0 aliphatic rings. The lowest BCUT2D eigenvalue weighted by Crippen LogP contribution is -2.32. The van der Waals surface area contributed by atoms with E-state index in [2.05, 4.69) is 20.9 Å². The number of nitrogens with one attached hydrogen (secondary N) is 2. The molecule has 0 fully saturated rings. The Balaban J connectivity index is 1.87. The Morgan fingerprint density at radius 2 is 2.09 bits per heavy atom. The zero-order valence-corrected chi connectivity index (χ0v) is 14.0. The Bertz CT molecular complexity index is 660. The predicted molar refractivity (Wildman–Crippen MR) is 87.8 cm³/mol. The maximum absolute atomic E-state index is 11.7. The van der Waals surface area contributed by atoms with E-state index in [1.54, 1.807) is 10.9 Å². The molecule has 7 nitrogen and oxygen atoms in total. The normalized spacial score (nSPS) is 11.1. The van der Waals surface area contributed by atoms with Gasteiger partial charge in [0.25, 0.3) is 0 Å². The first-order valence-electron chi connectivity index (χ1n) is 7.47. The SMILES string of the molecule is Cn1nncc1CNc1cccc(CNC(=O)OC(C)(C)C)c1. The van der Waals surface area contributed by atoms with Gasteiger partial charge in [0.2, 0.25) is 0 Å². The summed E-state index contributed by atoms with van der Waals surface area (Å²) >= 11 is 0. The number of aryl methyl sites for hydroxylation is 1. The van der Waals surface area contributed by atoms with Gasteiger partial charge in [0.05, 0.1) is 18.4 Å². The van der Waals surface area contributed by atoms with E-state index >= 15 is 0 Å². The third kappa shape index (κ3) is 5.61. The number of ether oxygens (including phenoxy) is 1. The summed E-state index contributed by atoms with van der Waals surface area (Å²) < 4.78 is 6.94. The van der Waals surface area contributed by atoms with Gasteiger partial charge in [-0.3, -0.25) is 4.68 Å². The van der Waals surface area contributed by atoms with Crippen molar-refractivity contribution in [2.45, 2.75) is 39.5 Å². The van der Waals surface area contributed by atoms with Crippen LogP contribution in [0.5, 0.6) is 0 Å². The number of carbonyl (C=O) groups excluding carboxylic acids is 1. The molecule has 0 spiro atoms. The lowest BCUT2D eigenvalue weighted by atomic mass is 10.2. The number of nitrogens with zero attached hydrogens (tertiary/aromatic N) is 3. The molecule has 2 N–H and O–H groups in total. The van der Waals surface area contributed by atoms with Crippen molar-refractivity contribution in [3.8, 4) is 0 Å². The number of rotatable bonds is 5. The number of hydrogen-bond donors (Lipinski definition) is 2. The van der Waals surface area contributed by atoms with Gasteiger partial charge in [-0.15, -0.1) is 5.10 Å². The first-order valence-corrected chi connectivity index (χ1v) is 7.47. The van der Waals surface area contributed by atoms with Gasteiger partial charge in [-0.1, -0.05) is 17.3 Å². The Labute approximate surface area is 136 Å². The van der Waals surface area contributed by atoms with E-state index in [9.17, 15) is 4.79 Å². The van der Waals surface area contributed by atoms with E-state index < -0.39 is 11.7 Å². The van der Waals surface area contributed by atoms with Crippen molar-refractivity contribution < 1.29 is 9.53 Å². The van der Waals surface area contributed by atoms with Gasteiger partial charge in [0.1, 0.15) is 5.60 Å². The highest BCUT2D eigenvalue weighted by Gasteiger charge is 2.15. The second-order valence-electron chi connectivity index (χ2n) is 6.26. The quantitative estimate of drug-likeness (QED) is 0.885. The molecule has 0 saturated carbocycles. The monoisotopic (exact) mass is 317 g/mol. The summed E-state index contributed by atoms with van der Waals surface area (Å²) in [5, 5.41) is 13.8. The number of anilines is 1. The number of amides is 1. The first-order chi connectivity index (χ1) is 10.8. The second-order valence-corrected chi connectivity index (χ2v) is 6.26. The zero-order chi connectivity index (χ0) is 16.9. The molecule has 1 aromatic heterocycles. The fourth-order valence-electron chi connectivity index (χ4n) is 1.94. The van der Waals surface area contributed by atoms with Gasteiger partial charge in [-0.05, 0) is 38.5 Å². The van der Waals surface area contributed by atoms with Crippen LogP contribution < -0.4 is 10.6 Å². The maximum Gasteiger partial charge on any atom is 0.407 e. The molecule has 1 heterocycles. The summed E-state index contributed by atoms with van der Waals surface area (Å²) in [5.74, 6) is 0. The molecule has 0 saturated heterocycles. The first kappa shape index (κ1) is 16.8. The van der Waals surface area contributed by atoms with Crippen LogP contribution in [-0.4, -0.2) is 26.7 Å². The lowest BCUT2D eigenvalue weighted by molar-refractivity contribution is 0.0523. The van der Waals surface area contributed by atoms with Gasteiger partial charge in [-0.25, -0.2) is 4.79 Å². The molecular weight excluding hydrogens is 294 g/mol. The Kier molecular flexibility index (Phi) is 5.20. The predicted octanol–water partition coefficient (Wildman–Crippen LogP) is 2.45. The molecule has 0 aliphatic heterocycles. The van der Waals surface area contributed by atoms with Gasteiger partial charge in [0.15, 0.2) is 0 Å². The molecule has 2 rings (SSSR count). The van der Waals surface area contributed by atoms with Crippen LogP contribution >= 0.6 is 0 Å². The van der Waals surface area contributed by atoms with Crippen LogP contribution in [0, 0.1) is 0 Å². The average molecular weight is 317 g/mol. The van der Waals surface area contributed by atoms with Crippen LogP contribution in [0.25, 0.3) is 0 Å². The van der Waals surface area contributed by atoms with Gasteiger partial charge in [-0.2, -0.15) is 0 Å². The van der Waals surface area contributed by atoms with Crippen molar-refractivity contribution >= 4 is 11.8 Å². The lowest BCUT2D eigenvalue weighted by Gasteiger charge is -2.19. The smallest absolute Gasteiger partial charge is 0.407 e. The van der Waals surface area contributed by atoms with Crippen molar-refractivity contribution in [3.05, 3.63) is 41.7 Å². The molecular formula is C16H23N5O2. The number of alkyl carbamates (subject to hydrolysis) is 1. The summed E-state index contributed by atoms with van der Waals surface area (Å²) in [5.41, 5.74) is 2.45. The third-order valence-electron chi connectivity index (χ3n) is 3.04. The molecule has 0 unspecified atom stereocenters. The van der Waals surface area contributed by atoms with Crippen molar-refractivity contribution in [1.82, 2.24) is 20.3 Å². The average Bonchev–Trinajstić information content (AvgIpc) is 2.87. The topological polar surface area (TPSA) is 81.1 Å². The highest BCUT2D eigenvalue weighted by Crippen LogP contribution is 2.12. The van der Waals surface area contributed by atoms with Gasteiger partial charge < -0.3 is 15.4 Å². The summed E-state index contributed by atoms with van der Waals surface area (Å²) in [4.78, 5) is 11.7. The second kappa shape index (κ2) is 7.13. The molecule has 0 atom stereocenters. The summed E-state index contributed by atoms with van der Waals surface area (Å²) in [6.45, 7) is 6.56. The highest BCUT2D eigenvalue weighted by atomic mass is 16.6. The third-order valence-corrected chi connectivity index (χ3v) is 3.04. The highest BCUT2D eigenvalue weighted by molar-refractivity contribution is 5.67. The molecule has 0 radical (unpaired) electrons. The van der Waals surface area contributed by atoms with Crippen molar-refractivity contribution in [2.24, 2.45) is 7.05 Å². The van der Waals surface area contributed by atoms with E-state index in [0.717, 1.165) is 16.9 Å². The van der Waals surface area contributed by atoms with E-state index in [1.165, 1.54) is 0 Å². The van der Waals surface area contributed by atoms with Crippen LogP contribution in [-0.2, 0) is 24.9 Å². The Morgan fingerprint density at radius 1 is 1.30 bits per heavy atom. The molecule has 7 heteroatoms. The van der Waals surface area contributed by atoms with E-state index in [-0.39, 0.29) is 0 Å². The molecule has 1 amide bonds.